The van der Waals surface area contributed by atoms with Crippen molar-refractivity contribution in [2.75, 3.05) is 18.2 Å². The van der Waals surface area contributed by atoms with Gasteiger partial charge in [-0.05, 0) is 63.9 Å². The molecule has 0 saturated heterocycles. The highest BCUT2D eigenvalue weighted by Crippen LogP contribution is 2.35. The Kier molecular flexibility index (Phi) is 6.43. The standard InChI is InChI=1S/C15H15Br2N3O2S/c1-8-4-9(2)19-15(18-8)23-7-13(21)20-14-11(16)5-10(22-3)6-12(14)17/h4-6H,7H2,1-3H3,(H,20,21). The van der Waals surface area contributed by atoms with Gasteiger partial charge in [0.2, 0.25) is 5.91 Å². The van der Waals surface area contributed by atoms with Gasteiger partial charge < -0.3 is 10.1 Å². The van der Waals surface area contributed by atoms with Gasteiger partial charge in [0.25, 0.3) is 0 Å². The first kappa shape index (κ1) is 18.2. The number of carbonyl (C=O) groups excluding carboxylic acids is 1. The van der Waals surface area contributed by atoms with Crippen LogP contribution in [-0.2, 0) is 4.79 Å². The van der Waals surface area contributed by atoms with Crippen molar-refractivity contribution in [3.05, 3.63) is 38.5 Å². The van der Waals surface area contributed by atoms with Crippen molar-refractivity contribution in [1.82, 2.24) is 9.97 Å². The molecule has 1 N–H and O–H groups in total. The highest BCUT2D eigenvalue weighted by atomic mass is 79.9. The van der Waals surface area contributed by atoms with E-state index in [0.29, 0.717) is 16.6 Å². The number of benzene rings is 1. The highest BCUT2D eigenvalue weighted by Gasteiger charge is 2.12. The largest absolute Gasteiger partial charge is 0.497 e. The van der Waals surface area contributed by atoms with Crippen molar-refractivity contribution in [3.8, 4) is 5.75 Å². The number of aryl methyl sites for hydroxylation is 2. The summed E-state index contributed by atoms with van der Waals surface area (Å²) < 4.78 is 6.65. The lowest BCUT2D eigenvalue weighted by Crippen LogP contribution is -2.15. The smallest absolute Gasteiger partial charge is 0.234 e. The van der Waals surface area contributed by atoms with Gasteiger partial charge in [-0.2, -0.15) is 0 Å². The summed E-state index contributed by atoms with van der Waals surface area (Å²) in [6, 6.07) is 5.48. The summed E-state index contributed by atoms with van der Waals surface area (Å²) >= 11 is 8.16. The predicted molar refractivity (Wildman–Crippen MR) is 99.3 cm³/mol. The molecule has 1 heterocycles. The van der Waals surface area contributed by atoms with Crippen LogP contribution in [0.3, 0.4) is 0 Å². The molecule has 0 radical (unpaired) electrons. The van der Waals surface area contributed by atoms with Crippen molar-refractivity contribution in [3.63, 3.8) is 0 Å². The van der Waals surface area contributed by atoms with E-state index in [2.05, 4.69) is 47.1 Å². The second-order valence-electron chi connectivity index (χ2n) is 4.74. The number of halogens is 2. The fraction of sp³-hybridized carbons (Fsp3) is 0.267. The van der Waals surface area contributed by atoms with Crippen molar-refractivity contribution >= 4 is 55.2 Å². The molecule has 122 valence electrons. The Morgan fingerprint density at radius 3 is 2.26 bits per heavy atom. The number of amides is 1. The summed E-state index contributed by atoms with van der Waals surface area (Å²) in [5.41, 5.74) is 2.44. The summed E-state index contributed by atoms with van der Waals surface area (Å²) in [5, 5.41) is 3.47. The molecule has 23 heavy (non-hydrogen) atoms. The van der Waals surface area contributed by atoms with Gasteiger partial charge in [-0.1, -0.05) is 11.8 Å². The third-order valence-corrected chi connectivity index (χ3v) is 4.91. The zero-order valence-corrected chi connectivity index (χ0v) is 16.8. The number of hydrogen-bond acceptors (Lipinski definition) is 5. The summed E-state index contributed by atoms with van der Waals surface area (Å²) in [7, 11) is 1.59. The molecular formula is C15H15Br2N3O2S. The molecule has 5 nitrogen and oxygen atoms in total. The van der Waals surface area contributed by atoms with Gasteiger partial charge >= 0.3 is 0 Å². The number of nitrogens with zero attached hydrogens (tertiary/aromatic N) is 2. The van der Waals surface area contributed by atoms with Gasteiger partial charge in [0.05, 0.1) is 18.6 Å². The lowest BCUT2D eigenvalue weighted by atomic mass is 10.3. The van der Waals surface area contributed by atoms with Gasteiger partial charge in [0, 0.05) is 20.3 Å². The minimum atomic E-state index is -0.135. The van der Waals surface area contributed by atoms with E-state index in [4.69, 9.17) is 4.74 Å². The monoisotopic (exact) mass is 459 g/mol. The third kappa shape index (κ3) is 5.19. The van der Waals surface area contributed by atoms with Crippen molar-refractivity contribution in [2.24, 2.45) is 0 Å². The van der Waals surface area contributed by atoms with Gasteiger partial charge in [-0.25, -0.2) is 9.97 Å². The maximum Gasteiger partial charge on any atom is 0.234 e. The van der Waals surface area contributed by atoms with Crippen LogP contribution in [0, 0.1) is 13.8 Å². The SMILES string of the molecule is COc1cc(Br)c(NC(=O)CSc2nc(C)cc(C)n2)c(Br)c1. The second-order valence-corrected chi connectivity index (χ2v) is 7.39. The summed E-state index contributed by atoms with van der Waals surface area (Å²) in [6.45, 7) is 3.81. The summed E-state index contributed by atoms with van der Waals surface area (Å²) in [6.07, 6.45) is 0. The predicted octanol–water partition coefficient (Wildman–Crippen LogP) is 4.36. The van der Waals surface area contributed by atoms with Crippen LogP contribution in [0.1, 0.15) is 11.4 Å². The van der Waals surface area contributed by atoms with Gasteiger partial charge in [-0.3, -0.25) is 4.79 Å². The first-order valence-corrected chi connectivity index (χ1v) is 9.24. The fourth-order valence-electron chi connectivity index (χ4n) is 1.85. The van der Waals surface area contributed by atoms with Crippen molar-refractivity contribution in [1.29, 1.82) is 0 Å². The molecule has 0 aliphatic heterocycles. The van der Waals surface area contributed by atoms with E-state index in [1.807, 2.05) is 19.9 Å². The van der Waals surface area contributed by atoms with Crippen LogP contribution in [0.5, 0.6) is 5.75 Å². The molecule has 0 aliphatic rings. The van der Waals surface area contributed by atoms with E-state index < -0.39 is 0 Å². The molecule has 0 unspecified atom stereocenters. The molecular weight excluding hydrogens is 446 g/mol. The normalized spacial score (nSPS) is 10.5. The first-order chi connectivity index (χ1) is 10.9. The number of nitrogens with one attached hydrogen (secondary N) is 1. The molecule has 1 amide bonds. The van der Waals surface area contributed by atoms with Gasteiger partial charge in [-0.15, -0.1) is 0 Å². The number of methoxy groups -OCH3 is 1. The Balaban J connectivity index is 2.02. The maximum absolute atomic E-state index is 12.2. The topological polar surface area (TPSA) is 64.1 Å². The number of thioether (sulfide) groups is 1. The molecule has 1 aromatic carbocycles. The van der Waals surface area contributed by atoms with Crippen LogP contribution in [0.25, 0.3) is 0 Å². The molecule has 2 aromatic rings. The van der Waals surface area contributed by atoms with Crippen LogP contribution in [0.2, 0.25) is 0 Å². The highest BCUT2D eigenvalue weighted by molar-refractivity contribution is 9.11. The van der Waals surface area contributed by atoms with E-state index in [0.717, 1.165) is 20.3 Å². The first-order valence-electron chi connectivity index (χ1n) is 6.67. The Morgan fingerprint density at radius 2 is 1.74 bits per heavy atom. The minimum Gasteiger partial charge on any atom is -0.497 e. The lowest BCUT2D eigenvalue weighted by molar-refractivity contribution is -0.113. The lowest BCUT2D eigenvalue weighted by Gasteiger charge is -2.11. The number of anilines is 1. The van der Waals surface area contributed by atoms with Crippen molar-refractivity contribution in [2.45, 2.75) is 19.0 Å². The Labute approximate surface area is 155 Å². The van der Waals surface area contributed by atoms with Crippen LogP contribution in [-0.4, -0.2) is 28.7 Å². The second kappa shape index (κ2) is 8.12. The molecule has 1 aromatic heterocycles. The number of hydrogen-bond donors (Lipinski definition) is 1. The van der Waals surface area contributed by atoms with Crippen LogP contribution in [0.4, 0.5) is 5.69 Å². The summed E-state index contributed by atoms with van der Waals surface area (Å²) in [5.74, 6) is 0.789. The van der Waals surface area contributed by atoms with E-state index in [9.17, 15) is 4.79 Å². The zero-order chi connectivity index (χ0) is 17.0. The number of carbonyl (C=O) groups is 1. The van der Waals surface area contributed by atoms with E-state index >= 15 is 0 Å². The van der Waals surface area contributed by atoms with Gasteiger partial charge in [0.1, 0.15) is 5.75 Å². The molecule has 0 bridgehead atoms. The molecule has 8 heteroatoms. The minimum absolute atomic E-state index is 0.135. The molecule has 0 spiro atoms. The Hall–Kier alpha value is -1.12. The quantitative estimate of drug-likeness (QED) is 0.530. The zero-order valence-electron chi connectivity index (χ0n) is 12.8. The molecule has 0 atom stereocenters. The molecule has 0 saturated carbocycles. The number of ether oxygens (including phenoxy) is 1. The fourth-order valence-corrected chi connectivity index (χ4v) is 3.94. The van der Waals surface area contributed by atoms with Crippen LogP contribution in [0.15, 0.2) is 32.3 Å². The summed E-state index contributed by atoms with van der Waals surface area (Å²) in [4.78, 5) is 20.8. The number of rotatable bonds is 5. The van der Waals surface area contributed by atoms with E-state index in [1.165, 1.54) is 11.8 Å². The molecule has 2 rings (SSSR count). The third-order valence-electron chi connectivity index (χ3n) is 2.81. The van der Waals surface area contributed by atoms with E-state index in [1.54, 1.807) is 19.2 Å². The number of aromatic nitrogens is 2. The van der Waals surface area contributed by atoms with Crippen LogP contribution >= 0.6 is 43.6 Å². The average molecular weight is 461 g/mol. The van der Waals surface area contributed by atoms with E-state index in [-0.39, 0.29) is 11.7 Å². The van der Waals surface area contributed by atoms with Gasteiger partial charge in [0.15, 0.2) is 5.16 Å². The average Bonchev–Trinajstić information content (AvgIpc) is 2.47. The Morgan fingerprint density at radius 1 is 1.17 bits per heavy atom. The maximum atomic E-state index is 12.2. The van der Waals surface area contributed by atoms with Crippen molar-refractivity contribution < 1.29 is 9.53 Å². The molecule has 0 fully saturated rings. The molecule has 0 aliphatic carbocycles. The Bertz CT molecular complexity index is 697. The van der Waals surface area contributed by atoms with Crippen LogP contribution < -0.4 is 10.1 Å².